The van der Waals surface area contributed by atoms with E-state index in [1.165, 1.54) is 24.9 Å². The van der Waals surface area contributed by atoms with Gasteiger partial charge in [0.05, 0.1) is 5.52 Å². The molecular formula is C21H25N3O4. The molecule has 1 aromatic carbocycles. The van der Waals surface area contributed by atoms with E-state index in [4.69, 9.17) is 15.2 Å². The summed E-state index contributed by atoms with van der Waals surface area (Å²) in [5.74, 6) is 0.254. The number of piperidine rings is 2. The van der Waals surface area contributed by atoms with Gasteiger partial charge in [-0.05, 0) is 43.5 Å². The molecule has 3 heterocycles. The van der Waals surface area contributed by atoms with E-state index in [0.717, 1.165) is 36.3 Å². The van der Waals surface area contributed by atoms with Crippen molar-refractivity contribution in [1.82, 2.24) is 9.88 Å². The number of fused-ring (bicyclic) bond motifs is 3. The molecule has 0 radical (unpaired) electrons. The third-order valence-electron chi connectivity index (χ3n) is 5.04. The molecule has 28 heavy (non-hydrogen) atoms. The van der Waals surface area contributed by atoms with Crippen molar-refractivity contribution < 1.29 is 19.8 Å². The average Bonchev–Trinajstić information content (AvgIpc) is 2.65. The van der Waals surface area contributed by atoms with Crippen LogP contribution in [0, 0.1) is 11.8 Å². The fourth-order valence-electron chi connectivity index (χ4n) is 4.10. The Morgan fingerprint density at radius 2 is 1.57 bits per heavy atom. The third kappa shape index (κ3) is 5.29. The van der Waals surface area contributed by atoms with E-state index in [2.05, 4.69) is 53.2 Å². The molecule has 2 fully saturated rings. The second kappa shape index (κ2) is 8.84. The first-order valence-electron chi connectivity index (χ1n) is 9.34. The minimum atomic E-state index is -1.26. The molecule has 2 aliphatic rings. The van der Waals surface area contributed by atoms with E-state index >= 15 is 0 Å². The normalized spacial score (nSPS) is 22.0. The molecule has 7 heteroatoms. The fraction of sp³-hybridized carbons (Fsp3) is 0.381. The SMILES string of the molecule is CN1CC2CC(C1)CN(c1ccc3ccccc3n1)C2.O=C(O)/C=C/C(=O)O. The Morgan fingerprint density at radius 3 is 2.18 bits per heavy atom. The first kappa shape index (κ1) is 19.8. The van der Waals surface area contributed by atoms with Crippen LogP contribution in [-0.4, -0.2) is 65.3 Å². The molecular weight excluding hydrogens is 358 g/mol. The van der Waals surface area contributed by atoms with E-state index in [-0.39, 0.29) is 0 Å². The highest BCUT2D eigenvalue weighted by molar-refractivity contribution is 5.89. The lowest BCUT2D eigenvalue weighted by atomic mass is 9.85. The lowest BCUT2D eigenvalue weighted by Gasteiger charge is -2.45. The molecule has 0 amide bonds. The lowest BCUT2D eigenvalue weighted by molar-refractivity contribution is -0.134. The summed E-state index contributed by atoms with van der Waals surface area (Å²) in [4.78, 5) is 29.0. The molecule has 0 aliphatic carbocycles. The van der Waals surface area contributed by atoms with Crippen LogP contribution in [0.15, 0.2) is 48.6 Å². The molecule has 2 unspecified atom stereocenters. The maximum absolute atomic E-state index is 9.55. The van der Waals surface area contributed by atoms with E-state index in [0.29, 0.717) is 12.2 Å². The van der Waals surface area contributed by atoms with Crippen molar-refractivity contribution in [3.63, 3.8) is 0 Å². The van der Waals surface area contributed by atoms with Gasteiger partial charge in [0.25, 0.3) is 0 Å². The summed E-state index contributed by atoms with van der Waals surface area (Å²) in [6, 6.07) is 12.8. The highest BCUT2D eigenvalue weighted by Crippen LogP contribution is 2.30. The standard InChI is InChI=1S/C17H21N3.C4H4O4/c1-19-9-13-8-14(10-19)12-20(11-13)17-7-6-15-4-2-3-5-16(15)18-17;5-3(6)1-2-4(7)8/h2-7,13-14H,8-12H2,1H3;1-2H,(H,5,6)(H,7,8)/b;2-1+. The monoisotopic (exact) mass is 383 g/mol. The number of anilines is 1. The minimum Gasteiger partial charge on any atom is -0.478 e. The topological polar surface area (TPSA) is 94.0 Å². The minimum absolute atomic E-state index is 0.558. The van der Waals surface area contributed by atoms with Crippen LogP contribution in [0.4, 0.5) is 5.82 Å². The zero-order chi connectivity index (χ0) is 20.1. The van der Waals surface area contributed by atoms with E-state index in [1.54, 1.807) is 0 Å². The van der Waals surface area contributed by atoms with Gasteiger partial charge < -0.3 is 20.0 Å². The second-order valence-corrected chi connectivity index (χ2v) is 7.47. The van der Waals surface area contributed by atoms with Gasteiger partial charge in [-0.3, -0.25) is 0 Å². The number of pyridine rings is 1. The van der Waals surface area contributed by atoms with Gasteiger partial charge in [-0.1, -0.05) is 18.2 Å². The van der Waals surface area contributed by atoms with Gasteiger partial charge in [-0.2, -0.15) is 0 Å². The molecule has 2 atom stereocenters. The van der Waals surface area contributed by atoms with Crippen LogP contribution in [0.1, 0.15) is 6.42 Å². The van der Waals surface area contributed by atoms with Crippen molar-refractivity contribution in [2.45, 2.75) is 6.42 Å². The highest BCUT2D eigenvalue weighted by Gasteiger charge is 2.33. The van der Waals surface area contributed by atoms with E-state index in [1.807, 2.05) is 0 Å². The van der Waals surface area contributed by atoms with Crippen molar-refractivity contribution in [1.29, 1.82) is 0 Å². The van der Waals surface area contributed by atoms with Gasteiger partial charge in [0.1, 0.15) is 5.82 Å². The Hall–Kier alpha value is -2.93. The summed E-state index contributed by atoms with van der Waals surface area (Å²) in [6.07, 6.45) is 2.51. The molecule has 2 aromatic rings. The molecule has 2 aliphatic heterocycles. The number of aliphatic carboxylic acids is 2. The number of carboxylic acid groups (broad SMARTS) is 2. The molecule has 7 nitrogen and oxygen atoms in total. The Bertz CT molecular complexity index is 849. The molecule has 0 saturated carbocycles. The summed E-state index contributed by atoms with van der Waals surface area (Å²) >= 11 is 0. The van der Waals surface area contributed by atoms with Gasteiger partial charge in [-0.25, -0.2) is 14.6 Å². The predicted octanol–water partition coefficient (Wildman–Crippen LogP) is 2.33. The molecule has 148 valence electrons. The van der Waals surface area contributed by atoms with Crippen molar-refractivity contribution in [2.24, 2.45) is 11.8 Å². The Morgan fingerprint density at radius 1 is 0.964 bits per heavy atom. The Labute approximate surface area is 163 Å². The van der Waals surface area contributed by atoms with Gasteiger partial charge in [0, 0.05) is 43.7 Å². The first-order valence-corrected chi connectivity index (χ1v) is 9.34. The summed E-state index contributed by atoms with van der Waals surface area (Å²) in [7, 11) is 2.25. The first-order chi connectivity index (χ1) is 13.4. The maximum atomic E-state index is 9.55. The number of carbonyl (C=O) groups is 2. The van der Waals surface area contributed by atoms with E-state index < -0.39 is 11.9 Å². The van der Waals surface area contributed by atoms with Crippen LogP contribution in [0.2, 0.25) is 0 Å². The largest absolute Gasteiger partial charge is 0.478 e. The van der Waals surface area contributed by atoms with Crippen molar-refractivity contribution in [2.75, 3.05) is 38.1 Å². The molecule has 1 aromatic heterocycles. The number of likely N-dealkylation sites (tertiary alicyclic amines) is 1. The fourth-order valence-corrected chi connectivity index (χ4v) is 4.10. The maximum Gasteiger partial charge on any atom is 0.328 e. The molecule has 2 bridgehead atoms. The van der Waals surface area contributed by atoms with Gasteiger partial charge in [-0.15, -0.1) is 0 Å². The predicted molar refractivity (Wildman–Crippen MR) is 107 cm³/mol. The molecule has 2 saturated heterocycles. The third-order valence-corrected chi connectivity index (χ3v) is 5.04. The number of carboxylic acids is 2. The zero-order valence-corrected chi connectivity index (χ0v) is 15.9. The quantitative estimate of drug-likeness (QED) is 0.786. The number of benzene rings is 1. The van der Waals surface area contributed by atoms with Crippen LogP contribution in [0.25, 0.3) is 10.9 Å². The van der Waals surface area contributed by atoms with Crippen LogP contribution < -0.4 is 4.90 Å². The summed E-state index contributed by atoms with van der Waals surface area (Å²) < 4.78 is 0. The van der Waals surface area contributed by atoms with Crippen LogP contribution in [-0.2, 0) is 9.59 Å². The molecule has 0 spiro atoms. The number of hydrogen-bond donors (Lipinski definition) is 2. The zero-order valence-electron chi connectivity index (χ0n) is 15.9. The molecule has 4 rings (SSSR count). The number of rotatable bonds is 3. The Balaban J connectivity index is 0.000000242. The summed E-state index contributed by atoms with van der Waals surface area (Å²) in [5, 5.41) is 16.9. The lowest BCUT2D eigenvalue weighted by Crippen LogP contribution is -2.51. The summed E-state index contributed by atoms with van der Waals surface area (Å²) in [5.41, 5.74) is 1.11. The average molecular weight is 383 g/mol. The van der Waals surface area contributed by atoms with Gasteiger partial charge in [0.2, 0.25) is 0 Å². The van der Waals surface area contributed by atoms with Crippen molar-refractivity contribution in [3.05, 3.63) is 48.6 Å². The molecule has 2 N–H and O–H groups in total. The number of para-hydroxylation sites is 1. The summed E-state index contributed by atoms with van der Waals surface area (Å²) in [6.45, 7) is 4.79. The van der Waals surface area contributed by atoms with E-state index in [9.17, 15) is 9.59 Å². The van der Waals surface area contributed by atoms with Crippen molar-refractivity contribution in [3.8, 4) is 0 Å². The Kier molecular flexibility index (Phi) is 6.26. The van der Waals surface area contributed by atoms with Crippen LogP contribution in [0.3, 0.4) is 0 Å². The van der Waals surface area contributed by atoms with Crippen LogP contribution >= 0.6 is 0 Å². The second-order valence-electron chi connectivity index (χ2n) is 7.47. The number of aromatic nitrogens is 1. The van der Waals surface area contributed by atoms with Crippen molar-refractivity contribution >= 4 is 28.7 Å². The van der Waals surface area contributed by atoms with Crippen LogP contribution in [0.5, 0.6) is 0 Å². The van der Waals surface area contributed by atoms with Gasteiger partial charge in [0.15, 0.2) is 0 Å². The smallest absolute Gasteiger partial charge is 0.328 e. The van der Waals surface area contributed by atoms with Gasteiger partial charge >= 0.3 is 11.9 Å². The highest BCUT2D eigenvalue weighted by atomic mass is 16.4. The number of hydrogen-bond acceptors (Lipinski definition) is 5. The number of nitrogens with zero attached hydrogens (tertiary/aromatic N) is 3.